The van der Waals surface area contributed by atoms with Gasteiger partial charge in [-0.1, -0.05) is 17.9 Å². The molecule has 0 saturated carbocycles. The van der Waals surface area contributed by atoms with Crippen LogP contribution in [-0.2, 0) is 20.8 Å². The number of carbonyl (C=O) groups excluding carboxylic acids is 2. The Balaban J connectivity index is 1.39. The van der Waals surface area contributed by atoms with Crippen molar-refractivity contribution in [3.63, 3.8) is 0 Å². The molecule has 1 aliphatic heterocycles. The van der Waals surface area contributed by atoms with E-state index in [1.54, 1.807) is 45.4 Å². The minimum Gasteiger partial charge on any atom is -0.444 e. The first kappa shape index (κ1) is 29.9. The van der Waals surface area contributed by atoms with E-state index < -0.39 is 23.6 Å². The molecule has 218 valence electrons. The maximum Gasteiger partial charge on any atom is 0.411 e. The molecule has 0 aliphatic carbocycles. The second kappa shape index (κ2) is 13.0. The third kappa shape index (κ3) is 7.76. The van der Waals surface area contributed by atoms with E-state index in [0.29, 0.717) is 35.4 Å². The van der Waals surface area contributed by atoms with Crippen molar-refractivity contribution in [3.05, 3.63) is 60.3 Å². The van der Waals surface area contributed by atoms with Crippen LogP contribution >= 0.6 is 11.3 Å². The fraction of sp³-hybridized carbons (Fsp3) is 0.393. The Labute approximate surface area is 242 Å². The van der Waals surface area contributed by atoms with Crippen molar-refractivity contribution in [1.29, 1.82) is 0 Å². The number of pyridine rings is 1. The summed E-state index contributed by atoms with van der Waals surface area (Å²) in [4.78, 5) is 40.5. The molecule has 4 rings (SSSR count). The van der Waals surface area contributed by atoms with Crippen LogP contribution in [-0.4, -0.2) is 74.4 Å². The number of morpholine rings is 1. The van der Waals surface area contributed by atoms with Crippen molar-refractivity contribution in [2.45, 2.75) is 45.9 Å². The van der Waals surface area contributed by atoms with Crippen molar-refractivity contribution >= 4 is 40.6 Å². The predicted octanol–water partition coefficient (Wildman–Crippen LogP) is 4.41. The second-order valence-electron chi connectivity index (χ2n) is 10.3. The SMILES string of the molecule is C=Cc1ncn(CCNC(=O)C2COCCN2C(=O)OC(C)(C)C)c1/C=C(\C)Nc1ncc(-c2ncccc2F)s1. The molecule has 0 bridgehead atoms. The Bertz CT molecular complexity index is 1430. The molecule has 0 aromatic carbocycles. The summed E-state index contributed by atoms with van der Waals surface area (Å²) in [6.45, 7) is 12.5. The van der Waals surface area contributed by atoms with Gasteiger partial charge in [0.2, 0.25) is 5.91 Å². The first-order chi connectivity index (χ1) is 19.6. The van der Waals surface area contributed by atoms with E-state index in [0.717, 1.165) is 11.4 Å². The Kier molecular flexibility index (Phi) is 9.50. The number of rotatable bonds is 9. The normalized spacial score (nSPS) is 15.9. The lowest BCUT2D eigenvalue weighted by atomic mass is 10.2. The number of nitrogens with zero attached hydrogens (tertiary/aromatic N) is 5. The third-order valence-electron chi connectivity index (χ3n) is 5.97. The quantitative estimate of drug-likeness (QED) is 0.380. The van der Waals surface area contributed by atoms with Gasteiger partial charge in [0.15, 0.2) is 5.13 Å². The number of halogens is 1. The number of nitrogens with one attached hydrogen (secondary N) is 2. The van der Waals surface area contributed by atoms with Gasteiger partial charge >= 0.3 is 6.09 Å². The van der Waals surface area contributed by atoms with Crippen LogP contribution in [0.4, 0.5) is 14.3 Å². The van der Waals surface area contributed by atoms with Crippen molar-refractivity contribution in [2.24, 2.45) is 0 Å². The Morgan fingerprint density at radius 1 is 1.32 bits per heavy atom. The van der Waals surface area contributed by atoms with E-state index in [1.807, 2.05) is 17.6 Å². The summed E-state index contributed by atoms with van der Waals surface area (Å²) in [7, 11) is 0. The number of anilines is 1. The van der Waals surface area contributed by atoms with Gasteiger partial charge in [0.05, 0.1) is 35.8 Å². The summed E-state index contributed by atoms with van der Waals surface area (Å²) >= 11 is 1.29. The summed E-state index contributed by atoms with van der Waals surface area (Å²) in [5.41, 5.74) is 1.81. The van der Waals surface area contributed by atoms with Gasteiger partial charge in [0, 0.05) is 37.7 Å². The number of imidazole rings is 1. The van der Waals surface area contributed by atoms with Gasteiger partial charge in [-0.15, -0.1) is 0 Å². The van der Waals surface area contributed by atoms with E-state index in [-0.39, 0.29) is 24.8 Å². The minimum atomic E-state index is -0.779. The molecular weight excluding hydrogens is 549 g/mol. The van der Waals surface area contributed by atoms with Crippen LogP contribution in [0.1, 0.15) is 39.1 Å². The maximum absolute atomic E-state index is 14.1. The highest BCUT2D eigenvalue weighted by Gasteiger charge is 2.35. The highest BCUT2D eigenvalue weighted by atomic mass is 32.1. The van der Waals surface area contributed by atoms with Crippen LogP contribution in [0.3, 0.4) is 0 Å². The molecule has 0 spiro atoms. The number of thiazole rings is 1. The van der Waals surface area contributed by atoms with E-state index in [9.17, 15) is 14.0 Å². The molecular formula is C28H34FN7O4S. The standard InChI is InChI=1S/C28H34FN7O4S/c1-6-20-21(14-18(2)34-26-32-15-23(41-26)24-19(29)8-7-9-30-24)35(17-33-20)11-10-31-25(37)22-16-39-13-12-36(22)27(38)40-28(3,4)5/h6-9,14-15,17,22H,1,10-13,16H2,2-5H3,(H,31,37)(H,32,34)/b18-14+. The molecule has 41 heavy (non-hydrogen) atoms. The van der Waals surface area contributed by atoms with Crippen LogP contribution in [0.15, 0.2) is 43.1 Å². The van der Waals surface area contributed by atoms with E-state index >= 15 is 0 Å². The highest BCUT2D eigenvalue weighted by Crippen LogP contribution is 2.30. The number of hydrogen-bond donors (Lipinski definition) is 2. The second-order valence-corrected chi connectivity index (χ2v) is 11.3. The molecule has 1 fully saturated rings. The lowest BCUT2D eigenvalue weighted by Crippen LogP contribution is -2.57. The maximum atomic E-state index is 14.1. The molecule has 1 unspecified atom stereocenters. The van der Waals surface area contributed by atoms with Crippen LogP contribution in [0.5, 0.6) is 0 Å². The van der Waals surface area contributed by atoms with E-state index in [4.69, 9.17) is 9.47 Å². The molecule has 4 heterocycles. The molecule has 1 saturated heterocycles. The number of hydrogen-bond acceptors (Lipinski definition) is 9. The summed E-state index contributed by atoms with van der Waals surface area (Å²) in [6, 6.07) is 2.13. The average molecular weight is 584 g/mol. The Morgan fingerprint density at radius 3 is 2.85 bits per heavy atom. The minimum absolute atomic E-state index is 0.0983. The van der Waals surface area contributed by atoms with E-state index in [1.165, 1.54) is 28.5 Å². The van der Waals surface area contributed by atoms with Gasteiger partial charge in [0.25, 0.3) is 0 Å². The van der Waals surface area contributed by atoms with Crippen LogP contribution in [0, 0.1) is 5.82 Å². The van der Waals surface area contributed by atoms with Crippen molar-refractivity contribution < 1.29 is 23.5 Å². The smallest absolute Gasteiger partial charge is 0.411 e. The topological polar surface area (TPSA) is 124 Å². The molecule has 0 radical (unpaired) electrons. The van der Waals surface area contributed by atoms with Gasteiger partial charge in [-0.2, -0.15) is 0 Å². The average Bonchev–Trinajstić information content (AvgIpc) is 3.54. The van der Waals surface area contributed by atoms with Gasteiger partial charge in [-0.05, 0) is 52.0 Å². The molecule has 3 aromatic heterocycles. The molecule has 13 heteroatoms. The number of carbonyl (C=O) groups is 2. The third-order valence-corrected chi connectivity index (χ3v) is 6.89. The van der Waals surface area contributed by atoms with Gasteiger partial charge < -0.3 is 24.7 Å². The first-order valence-electron chi connectivity index (χ1n) is 13.1. The highest BCUT2D eigenvalue weighted by molar-refractivity contribution is 7.18. The zero-order valence-electron chi connectivity index (χ0n) is 23.5. The fourth-order valence-electron chi connectivity index (χ4n) is 4.10. The fourth-order valence-corrected chi connectivity index (χ4v) is 4.97. The van der Waals surface area contributed by atoms with Crippen molar-refractivity contribution in [1.82, 2.24) is 29.7 Å². The number of amides is 2. The van der Waals surface area contributed by atoms with Crippen molar-refractivity contribution in [3.8, 4) is 10.6 Å². The molecule has 11 nitrogen and oxygen atoms in total. The molecule has 1 atom stereocenters. The number of allylic oxidation sites excluding steroid dienone is 1. The van der Waals surface area contributed by atoms with Gasteiger partial charge in [-0.3, -0.25) is 14.7 Å². The Morgan fingerprint density at radius 2 is 2.12 bits per heavy atom. The van der Waals surface area contributed by atoms with Gasteiger partial charge in [0.1, 0.15) is 23.2 Å². The summed E-state index contributed by atoms with van der Waals surface area (Å²) in [5, 5.41) is 6.71. The molecule has 1 aliphatic rings. The monoisotopic (exact) mass is 583 g/mol. The molecule has 3 aromatic rings. The predicted molar refractivity (Wildman–Crippen MR) is 155 cm³/mol. The number of ether oxygens (including phenoxy) is 2. The van der Waals surface area contributed by atoms with Gasteiger partial charge in [-0.25, -0.2) is 19.2 Å². The lowest BCUT2D eigenvalue weighted by Gasteiger charge is -2.35. The Hall–Kier alpha value is -4.10. The first-order valence-corrected chi connectivity index (χ1v) is 13.9. The largest absolute Gasteiger partial charge is 0.444 e. The summed E-state index contributed by atoms with van der Waals surface area (Å²) in [5.74, 6) is -0.728. The molecule has 2 N–H and O–H groups in total. The zero-order valence-corrected chi connectivity index (χ0v) is 24.3. The number of aromatic nitrogens is 4. The molecule has 2 amide bonds. The van der Waals surface area contributed by atoms with Crippen LogP contribution < -0.4 is 10.6 Å². The van der Waals surface area contributed by atoms with Crippen molar-refractivity contribution in [2.75, 3.05) is 31.6 Å². The zero-order chi connectivity index (χ0) is 29.6. The lowest BCUT2D eigenvalue weighted by molar-refractivity contribution is -0.132. The van der Waals surface area contributed by atoms with Crippen LogP contribution in [0.2, 0.25) is 0 Å². The summed E-state index contributed by atoms with van der Waals surface area (Å²) < 4.78 is 26.9. The van der Waals surface area contributed by atoms with E-state index in [2.05, 4.69) is 32.2 Å². The summed E-state index contributed by atoms with van der Waals surface area (Å²) in [6.07, 6.45) is 7.79. The van der Waals surface area contributed by atoms with Crippen LogP contribution in [0.25, 0.3) is 22.7 Å².